The summed E-state index contributed by atoms with van der Waals surface area (Å²) in [6, 6.07) is 6.67. The number of fused-ring (bicyclic) bond motifs is 1. The van der Waals surface area contributed by atoms with Crippen molar-refractivity contribution >= 4 is 16.7 Å². The molecule has 1 fully saturated rings. The van der Waals surface area contributed by atoms with E-state index in [2.05, 4.69) is 20.2 Å². The van der Waals surface area contributed by atoms with Gasteiger partial charge in [0.15, 0.2) is 0 Å². The van der Waals surface area contributed by atoms with E-state index in [9.17, 15) is 18.3 Å². The number of alkyl halides is 3. The molecule has 8 heteroatoms. The molecular weight excluding hydrogens is 333 g/mol. The van der Waals surface area contributed by atoms with Gasteiger partial charge in [0.05, 0.1) is 11.6 Å². The number of nitrogens with one attached hydrogen (secondary N) is 1. The van der Waals surface area contributed by atoms with Crippen LogP contribution in [0, 0.1) is 0 Å². The van der Waals surface area contributed by atoms with Crippen molar-refractivity contribution in [3.63, 3.8) is 0 Å². The second-order valence-electron chi connectivity index (χ2n) is 6.26. The minimum atomic E-state index is -4.57. The zero-order valence-electron chi connectivity index (χ0n) is 13.8. The van der Waals surface area contributed by atoms with Gasteiger partial charge in [0.2, 0.25) is 5.82 Å². The number of aliphatic hydroxyl groups excluding tert-OH is 1. The van der Waals surface area contributed by atoms with Crippen molar-refractivity contribution in [3.05, 3.63) is 30.1 Å². The van der Waals surface area contributed by atoms with Crippen molar-refractivity contribution in [1.82, 2.24) is 14.9 Å². The summed E-state index contributed by atoms with van der Waals surface area (Å²) in [5, 5.41) is 13.1. The van der Waals surface area contributed by atoms with Crippen molar-refractivity contribution in [3.8, 4) is 0 Å². The zero-order valence-corrected chi connectivity index (χ0v) is 13.8. The maximum Gasteiger partial charge on any atom is 0.451 e. The van der Waals surface area contributed by atoms with Gasteiger partial charge < -0.3 is 15.3 Å². The topological polar surface area (TPSA) is 61.3 Å². The third kappa shape index (κ3) is 4.58. The molecule has 0 amide bonds. The molecule has 0 bridgehead atoms. The molecule has 2 aromatic rings. The summed E-state index contributed by atoms with van der Waals surface area (Å²) in [4.78, 5) is 9.54. The van der Waals surface area contributed by atoms with E-state index < -0.39 is 12.0 Å². The highest BCUT2D eigenvalue weighted by Gasteiger charge is 2.35. The Morgan fingerprint density at radius 3 is 2.60 bits per heavy atom. The number of hydrogen-bond donors (Lipinski definition) is 2. The minimum absolute atomic E-state index is 0.206. The molecule has 0 saturated carbocycles. The molecule has 136 valence electrons. The van der Waals surface area contributed by atoms with Crippen molar-refractivity contribution in [2.45, 2.75) is 31.5 Å². The first kappa shape index (κ1) is 17.9. The Kier molecular flexibility index (Phi) is 5.39. The molecule has 0 atom stereocenters. The van der Waals surface area contributed by atoms with Crippen LogP contribution < -0.4 is 5.32 Å². The minimum Gasteiger partial charge on any atom is -0.393 e. The molecule has 25 heavy (non-hydrogen) atoms. The Morgan fingerprint density at radius 2 is 1.88 bits per heavy atom. The van der Waals surface area contributed by atoms with Crippen LogP contribution in [0.2, 0.25) is 0 Å². The fourth-order valence-corrected chi connectivity index (χ4v) is 2.99. The number of piperidine rings is 1. The number of aliphatic hydroxyl groups is 1. The van der Waals surface area contributed by atoms with Crippen LogP contribution in [0.1, 0.15) is 25.1 Å². The second kappa shape index (κ2) is 7.53. The summed E-state index contributed by atoms with van der Waals surface area (Å²) >= 11 is 0. The maximum atomic E-state index is 13.0. The van der Waals surface area contributed by atoms with Crippen LogP contribution in [0.3, 0.4) is 0 Å². The first-order valence-corrected chi connectivity index (χ1v) is 8.42. The molecule has 0 unspecified atom stereocenters. The first-order chi connectivity index (χ1) is 11.9. The van der Waals surface area contributed by atoms with E-state index in [0.717, 1.165) is 38.9 Å². The van der Waals surface area contributed by atoms with Gasteiger partial charge in [-0.15, -0.1) is 0 Å². The van der Waals surface area contributed by atoms with Crippen LogP contribution in [-0.4, -0.2) is 52.3 Å². The van der Waals surface area contributed by atoms with Gasteiger partial charge in [0, 0.05) is 25.0 Å². The SMILES string of the molecule is OC1CCN(CCCNc2nc(C(F)(F)F)nc3ccccc23)CC1. The van der Waals surface area contributed by atoms with Gasteiger partial charge in [0.1, 0.15) is 5.82 Å². The fraction of sp³-hybridized carbons (Fsp3) is 0.529. The zero-order chi connectivity index (χ0) is 17.9. The largest absolute Gasteiger partial charge is 0.451 e. The fourth-order valence-electron chi connectivity index (χ4n) is 2.99. The summed E-state index contributed by atoms with van der Waals surface area (Å²) in [6.45, 7) is 3.08. The molecule has 1 aliphatic rings. The molecule has 0 spiro atoms. The van der Waals surface area contributed by atoms with E-state index >= 15 is 0 Å². The Bertz CT molecular complexity index is 715. The molecule has 5 nitrogen and oxygen atoms in total. The van der Waals surface area contributed by atoms with Crippen LogP contribution in [-0.2, 0) is 6.18 Å². The molecule has 1 saturated heterocycles. The number of hydrogen-bond acceptors (Lipinski definition) is 5. The first-order valence-electron chi connectivity index (χ1n) is 8.42. The highest BCUT2D eigenvalue weighted by atomic mass is 19.4. The number of para-hydroxylation sites is 1. The number of nitrogens with zero attached hydrogens (tertiary/aromatic N) is 3. The summed E-state index contributed by atoms with van der Waals surface area (Å²) in [6.07, 6.45) is -2.44. The quantitative estimate of drug-likeness (QED) is 0.809. The van der Waals surface area contributed by atoms with Crippen LogP contribution in [0.5, 0.6) is 0 Å². The van der Waals surface area contributed by atoms with Gasteiger partial charge in [-0.25, -0.2) is 9.97 Å². The van der Waals surface area contributed by atoms with Gasteiger partial charge in [-0.05, 0) is 37.9 Å². The third-order valence-corrected chi connectivity index (χ3v) is 4.36. The molecule has 1 aromatic heterocycles. The number of anilines is 1. The Hall–Kier alpha value is -1.93. The molecule has 3 rings (SSSR count). The van der Waals surface area contributed by atoms with Crippen molar-refractivity contribution < 1.29 is 18.3 Å². The van der Waals surface area contributed by atoms with E-state index in [-0.39, 0.29) is 17.4 Å². The Balaban J connectivity index is 1.64. The maximum absolute atomic E-state index is 13.0. The lowest BCUT2D eigenvalue weighted by Crippen LogP contribution is -2.36. The lowest BCUT2D eigenvalue weighted by Gasteiger charge is -2.29. The number of aromatic nitrogens is 2. The summed E-state index contributed by atoms with van der Waals surface area (Å²) in [5.41, 5.74) is 0.275. The van der Waals surface area contributed by atoms with E-state index in [1.165, 1.54) is 0 Å². The molecule has 0 radical (unpaired) electrons. The number of halogens is 3. The smallest absolute Gasteiger partial charge is 0.393 e. The average Bonchev–Trinajstić information content (AvgIpc) is 2.59. The van der Waals surface area contributed by atoms with Crippen molar-refractivity contribution in [2.75, 3.05) is 31.5 Å². The average molecular weight is 354 g/mol. The van der Waals surface area contributed by atoms with Crippen molar-refractivity contribution in [2.24, 2.45) is 0 Å². The van der Waals surface area contributed by atoms with Gasteiger partial charge in [0.25, 0.3) is 0 Å². The van der Waals surface area contributed by atoms with Crippen LogP contribution in [0.15, 0.2) is 24.3 Å². The monoisotopic (exact) mass is 354 g/mol. The summed E-state index contributed by atoms with van der Waals surface area (Å²) in [5.74, 6) is -0.911. The Morgan fingerprint density at radius 1 is 1.16 bits per heavy atom. The van der Waals surface area contributed by atoms with Crippen LogP contribution in [0.25, 0.3) is 10.9 Å². The predicted molar refractivity (Wildman–Crippen MR) is 89.3 cm³/mol. The highest BCUT2D eigenvalue weighted by molar-refractivity contribution is 5.89. The summed E-state index contributed by atoms with van der Waals surface area (Å²) in [7, 11) is 0. The molecular formula is C17H21F3N4O. The van der Waals surface area contributed by atoms with Gasteiger partial charge >= 0.3 is 6.18 Å². The number of likely N-dealkylation sites (tertiary alicyclic amines) is 1. The number of rotatable bonds is 5. The predicted octanol–water partition coefficient (Wildman–Crippen LogP) is 2.91. The van der Waals surface area contributed by atoms with E-state index in [1.807, 2.05) is 0 Å². The normalized spacial score (nSPS) is 17.1. The number of benzene rings is 1. The second-order valence-corrected chi connectivity index (χ2v) is 6.26. The lowest BCUT2D eigenvalue weighted by atomic mass is 10.1. The highest BCUT2D eigenvalue weighted by Crippen LogP contribution is 2.30. The van der Waals surface area contributed by atoms with E-state index in [1.54, 1.807) is 24.3 Å². The van der Waals surface area contributed by atoms with Gasteiger partial charge in [-0.2, -0.15) is 13.2 Å². The van der Waals surface area contributed by atoms with Crippen molar-refractivity contribution in [1.29, 1.82) is 0 Å². The third-order valence-electron chi connectivity index (χ3n) is 4.36. The molecule has 0 aliphatic carbocycles. The van der Waals surface area contributed by atoms with Crippen LogP contribution >= 0.6 is 0 Å². The lowest BCUT2D eigenvalue weighted by molar-refractivity contribution is -0.144. The molecule has 1 aromatic carbocycles. The van der Waals surface area contributed by atoms with E-state index in [4.69, 9.17) is 0 Å². The summed E-state index contributed by atoms with van der Waals surface area (Å²) < 4.78 is 38.9. The standard InChI is InChI=1S/C17H21F3N4O/c18-17(19,20)16-22-14-5-2-1-4-13(14)15(23-16)21-8-3-9-24-10-6-12(25)7-11-24/h1-2,4-5,12,25H,3,6-11H2,(H,21,22,23). The Labute approximate surface area is 143 Å². The van der Waals surface area contributed by atoms with E-state index in [0.29, 0.717) is 11.9 Å². The van der Waals surface area contributed by atoms with Gasteiger partial charge in [-0.1, -0.05) is 12.1 Å². The van der Waals surface area contributed by atoms with Crippen LogP contribution in [0.4, 0.5) is 19.0 Å². The van der Waals surface area contributed by atoms with Gasteiger partial charge in [-0.3, -0.25) is 0 Å². The molecule has 2 heterocycles. The molecule has 2 N–H and O–H groups in total. The molecule has 1 aliphatic heterocycles.